The first-order valence-electron chi connectivity index (χ1n) is 26.2. The molecule has 3 aliphatic heterocycles. The fourth-order valence-corrected chi connectivity index (χ4v) is 9.58. The summed E-state index contributed by atoms with van der Waals surface area (Å²) in [6.45, 7) is 0.932. The van der Waals surface area contributed by atoms with Crippen LogP contribution >= 0.6 is 0 Å². The van der Waals surface area contributed by atoms with E-state index in [0.717, 1.165) is 0 Å². The Bertz CT molecular complexity index is 2350. The van der Waals surface area contributed by atoms with E-state index in [1.54, 1.807) is 0 Å². The van der Waals surface area contributed by atoms with Crippen molar-refractivity contribution in [3.63, 3.8) is 0 Å². The number of aliphatic carboxylic acids is 1. The lowest BCUT2D eigenvalue weighted by molar-refractivity contribution is -0.149. The summed E-state index contributed by atoms with van der Waals surface area (Å²) in [5.74, 6) is -6.45. The second kappa shape index (κ2) is 31.1. The fourth-order valence-electron chi connectivity index (χ4n) is 9.58. The standard InChI is InChI=1S/C48H80N20O10/c49-29(8-1-19-58-45(50)51)37(70)62-30(9-2-20-59-46(52)53)38(71)63-31(10-3-21-60-47(54)55)41(74)66-23-5-12-34(66)39(72)64-32(11-4-22-61-48(56)57)42(75)68-25-7-14-36(68)43(76)67-24-6-13-35(67)40(73)65-33(44(77)78)26-27-15-17-28(69)18-16-27/h15-18,29-36,69H,1-14,19-26,49H2,(H,62,70)(H,63,71)(H,64,72)(H,65,73)(H,77,78)(H4,50,51,58)(H4,52,53,59)(H4,54,55,60)(H4,56,57,61). The summed E-state index contributed by atoms with van der Waals surface area (Å²) in [5.41, 5.74) is 50.7. The minimum atomic E-state index is -1.34. The molecule has 7 amide bonds. The molecule has 0 bridgehead atoms. The Labute approximate surface area is 452 Å². The molecule has 0 saturated carbocycles. The van der Waals surface area contributed by atoms with Crippen molar-refractivity contribution < 1.29 is 48.6 Å². The van der Waals surface area contributed by atoms with Gasteiger partial charge in [-0.3, -0.25) is 53.5 Å². The lowest BCUT2D eigenvalue weighted by Gasteiger charge is -2.34. The van der Waals surface area contributed by atoms with Crippen molar-refractivity contribution in [1.29, 1.82) is 0 Å². The molecule has 8 atom stereocenters. The van der Waals surface area contributed by atoms with Crippen LogP contribution in [0.1, 0.15) is 95.5 Å². The van der Waals surface area contributed by atoms with Gasteiger partial charge in [0.2, 0.25) is 41.4 Å². The zero-order valence-corrected chi connectivity index (χ0v) is 44.0. The van der Waals surface area contributed by atoms with Gasteiger partial charge in [-0.2, -0.15) is 0 Å². The summed E-state index contributed by atoms with van der Waals surface area (Å²) in [4.78, 5) is 132. The number of nitrogens with zero attached hydrogens (tertiary/aromatic N) is 7. The average molecular weight is 1100 g/mol. The van der Waals surface area contributed by atoms with E-state index in [1.165, 1.54) is 39.0 Å². The number of rotatable bonds is 30. The zero-order valence-electron chi connectivity index (χ0n) is 44.0. The number of aromatic hydroxyl groups is 1. The number of amides is 7. The van der Waals surface area contributed by atoms with Crippen LogP contribution in [0.15, 0.2) is 44.2 Å². The third-order valence-corrected chi connectivity index (χ3v) is 13.5. The van der Waals surface area contributed by atoms with Crippen molar-refractivity contribution in [2.45, 2.75) is 145 Å². The van der Waals surface area contributed by atoms with Crippen LogP contribution in [0.25, 0.3) is 0 Å². The molecule has 3 aliphatic rings. The molecular formula is C48H80N20O10. The van der Waals surface area contributed by atoms with Crippen LogP contribution in [-0.2, 0) is 44.8 Å². The number of phenols is 1. The molecule has 24 N–H and O–H groups in total. The lowest BCUT2D eigenvalue weighted by Crippen LogP contribution is -2.59. The van der Waals surface area contributed by atoms with Crippen molar-refractivity contribution in [1.82, 2.24) is 36.0 Å². The Balaban J connectivity index is 1.54. The normalized spacial score (nSPS) is 18.7. The molecule has 1 aromatic carbocycles. The van der Waals surface area contributed by atoms with Gasteiger partial charge >= 0.3 is 5.97 Å². The van der Waals surface area contributed by atoms with E-state index in [-0.39, 0.29) is 146 Å². The predicted octanol–water partition coefficient (Wildman–Crippen LogP) is -5.53. The van der Waals surface area contributed by atoms with Crippen molar-refractivity contribution >= 4 is 71.2 Å². The van der Waals surface area contributed by atoms with Gasteiger partial charge in [-0.05, 0) is 108 Å². The van der Waals surface area contributed by atoms with Gasteiger partial charge in [0.15, 0.2) is 23.8 Å². The second-order valence-electron chi connectivity index (χ2n) is 19.4. The van der Waals surface area contributed by atoms with Crippen LogP contribution in [0.2, 0.25) is 0 Å². The van der Waals surface area contributed by atoms with Crippen molar-refractivity contribution in [2.24, 2.45) is 71.6 Å². The Morgan fingerprint density at radius 2 is 0.897 bits per heavy atom. The number of aliphatic imine (C=N–C) groups is 4. The number of nitrogens with one attached hydrogen (secondary N) is 4. The molecule has 8 unspecified atom stereocenters. The minimum absolute atomic E-state index is 0.000919. The topological polar surface area (TPSA) is 518 Å². The third-order valence-electron chi connectivity index (χ3n) is 13.5. The number of phenolic OH excluding ortho intramolecular Hbond substituents is 1. The number of benzene rings is 1. The van der Waals surface area contributed by atoms with Crippen LogP contribution in [0.3, 0.4) is 0 Å². The number of hydrogen-bond donors (Lipinski definition) is 15. The molecule has 30 heteroatoms. The molecule has 30 nitrogen and oxygen atoms in total. The van der Waals surface area contributed by atoms with Gasteiger partial charge in [-0.1, -0.05) is 12.1 Å². The van der Waals surface area contributed by atoms with Gasteiger partial charge in [0, 0.05) is 52.2 Å². The highest BCUT2D eigenvalue weighted by molar-refractivity contribution is 5.98. The van der Waals surface area contributed by atoms with Gasteiger partial charge in [0.25, 0.3) is 0 Å². The van der Waals surface area contributed by atoms with Crippen LogP contribution in [-0.4, -0.2) is 190 Å². The first-order chi connectivity index (χ1) is 37.1. The maximum Gasteiger partial charge on any atom is 0.326 e. The second-order valence-corrected chi connectivity index (χ2v) is 19.4. The van der Waals surface area contributed by atoms with Gasteiger partial charge in [0.1, 0.15) is 48.0 Å². The summed E-state index contributed by atoms with van der Waals surface area (Å²) in [6.07, 6.45) is 3.10. The molecule has 0 radical (unpaired) electrons. The van der Waals surface area contributed by atoms with E-state index in [2.05, 4.69) is 41.2 Å². The molecular weight excluding hydrogens is 1020 g/mol. The molecule has 432 valence electrons. The minimum Gasteiger partial charge on any atom is -0.508 e. The zero-order chi connectivity index (χ0) is 57.5. The van der Waals surface area contributed by atoms with Crippen LogP contribution in [0.5, 0.6) is 5.75 Å². The Morgan fingerprint density at radius 1 is 0.513 bits per heavy atom. The van der Waals surface area contributed by atoms with E-state index in [9.17, 15) is 48.6 Å². The first kappa shape index (κ1) is 62.4. The van der Waals surface area contributed by atoms with Gasteiger partial charge in [-0.25, -0.2) is 4.79 Å². The smallest absolute Gasteiger partial charge is 0.326 e. The van der Waals surface area contributed by atoms with Gasteiger partial charge in [-0.15, -0.1) is 0 Å². The Hall–Kier alpha value is -8.18. The summed E-state index contributed by atoms with van der Waals surface area (Å²) in [5, 5.41) is 30.5. The van der Waals surface area contributed by atoms with Crippen LogP contribution < -0.4 is 72.9 Å². The summed E-state index contributed by atoms with van der Waals surface area (Å²) < 4.78 is 0. The monoisotopic (exact) mass is 1100 g/mol. The Morgan fingerprint density at radius 3 is 1.37 bits per heavy atom. The number of carbonyl (C=O) groups excluding carboxylic acids is 7. The molecule has 3 saturated heterocycles. The van der Waals surface area contributed by atoms with Gasteiger partial charge in [0.05, 0.1) is 6.04 Å². The molecule has 0 aromatic heterocycles. The predicted molar refractivity (Wildman–Crippen MR) is 289 cm³/mol. The molecule has 78 heavy (non-hydrogen) atoms. The SMILES string of the molecule is NC(N)=NCCCC(N)C(=O)NC(CCCN=C(N)N)C(=O)NC(CCCN=C(N)N)C(=O)N1CCCC1C(=O)NC(CCCN=C(N)N)C(=O)N1CCCC1C(=O)N1CCCC1C(=O)NC(Cc1ccc(O)cc1)C(=O)O. The number of carboxylic acids is 1. The number of hydrogen-bond acceptors (Lipinski definition) is 14. The lowest BCUT2D eigenvalue weighted by atomic mass is 10.0. The van der Waals surface area contributed by atoms with E-state index in [4.69, 9.17) is 51.6 Å². The van der Waals surface area contributed by atoms with Crippen LogP contribution in [0, 0.1) is 0 Å². The number of carboxylic acid groups (broad SMARTS) is 1. The number of nitrogens with two attached hydrogens (primary N) is 9. The Kier molecular flexibility index (Phi) is 24.9. The van der Waals surface area contributed by atoms with Gasteiger partial charge < -0.3 is 97.8 Å². The highest BCUT2D eigenvalue weighted by Crippen LogP contribution is 2.27. The summed E-state index contributed by atoms with van der Waals surface area (Å²) >= 11 is 0. The molecule has 3 fully saturated rings. The molecule has 4 rings (SSSR count). The van der Waals surface area contributed by atoms with Crippen LogP contribution in [0.4, 0.5) is 0 Å². The molecule has 3 heterocycles. The first-order valence-corrected chi connectivity index (χ1v) is 26.2. The molecule has 1 aromatic rings. The van der Waals surface area contributed by atoms with Crippen molar-refractivity contribution in [3.05, 3.63) is 29.8 Å². The molecule has 0 spiro atoms. The average Bonchev–Trinajstić information content (AvgIpc) is 4.24. The van der Waals surface area contributed by atoms with E-state index in [0.29, 0.717) is 31.2 Å². The van der Waals surface area contributed by atoms with Crippen molar-refractivity contribution in [3.8, 4) is 5.75 Å². The maximum absolute atomic E-state index is 14.7. The van der Waals surface area contributed by atoms with E-state index < -0.39 is 95.7 Å². The van der Waals surface area contributed by atoms with Crippen molar-refractivity contribution in [2.75, 3.05) is 45.8 Å². The van der Waals surface area contributed by atoms with E-state index >= 15 is 0 Å². The summed E-state index contributed by atoms with van der Waals surface area (Å²) in [7, 11) is 0. The number of likely N-dealkylation sites (tertiary alicyclic amines) is 3. The highest BCUT2D eigenvalue weighted by atomic mass is 16.4. The molecule has 0 aliphatic carbocycles. The summed E-state index contributed by atoms with van der Waals surface area (Å²) in [6, 6.07) is -3.36. The number of guanidine groups is 4. The maximum atomic E-state index is 14.7. The third kappa shape index (κ3) is 19.8. The highest BCUT2D eigenvalue weighted by Gasteiger charge is 2.45. The quantitative estimate of drug-likeness (QED) is 0.0194. The van der Waals surface area contributed by atoms with E-state index in [1.807, 2.05) is 0 Å². The number of carbonyl (C=O) groups is 8. The largest absolute Gasteiger partial charge is 0.508 e. The fraction of sp³-hybridized carbons (Fsp3) is 0.625.